The average molecular weight is 450 g/mol. The number of rotatable bonds is 8. The Labute approximate surface area is 185 Å². The topological polar surface area (TPSA) is 100 Å². The molecule has 4 rings (SSSR count). The first kappa shape index (κ1) is 22.6. The van der Waals surface area contributed by atoms with Crippen LogP contribution >= 0.6 is 0 Å². The van der Waals surface area contributed by atoms with Gasteiger partial charge in [-0.25, -0.2) is 9.48 Å². The second-order valence-corrected chi connectivity index (χ2v) is 8.41. The molecular formula is C22H29F2N5O3. The summed E-state index contributed by atoms with van der Waals surface area (Å²) in [5, 5.41) is 23.2. The number of alkyl halides is 2. The molecule has 32 heavy (non-hydrogen) atoms. The number of ether oxygens (including phenoxy) is 1. The predicted molar refractivity (Wildman–Crippen MR) is 114 cm³/mol. The van der Waals surface area contributed by atoms with E-state index in [9.17, 15) is 18.7 Å². The minimum absolute atomic E-state index is 0.220. The number of aliphatic hydroxyl groups excluding tert-OH is 1. The van der Waals surface area contributed by atoms with E-state index in [1.807, 2.05) is 24.3 Å². The molecule has 2 aliphatic heterocycles. The third-order valence-electron chi connectivity index (χ3n) is 6.14. The summed E-state index contributed by atoms with van der Waals surface area (Å²) in [5.74, 6) is 0.578. The first-order valence-corrected chi connectivity index (χ1v) is 11.0. The van der Waals surface area contributed by atoms with Crippen molar-refractivity contribution in [1.29, 1.82) is 0 Å². The van der Waals surface area contributed by atoms with Gasteiger partial charge in [0.1, 0.15) is 12.2 Å². The van der Waals surface area contributed by atoms with E-state index in [0.29, 0.717) is 35.7 Å². The van der Waals surface area contributed by atoms with Crippen LogP contribution in [0.3, 0.4) is 0 Å². The van der Waals surface area contributed by atoms with Crippen molar-refractivity contribution in [3.8, 4) is 11.1 Å². The maximum absolute atomic E-state index is 12.7. The van der Waals surface area contributed by atoms with Gasteiger partial charge in [0, 0.05) is 24.8 Å². The summed E-state index contributed by atoms with van der Waals surface area (Å²) in [7, 11) is 0. The SMILES string of the molecule is O=C(NCC[C@@H]1CCNC1)O[C@@H]1C(O)CN[C@@H]1Cc1ccc(-c2cnn(C(F)F)c2)cc1. The van der Waals surface area contributed by atoms with Crippen molar-refractivity contribution in [3.63, 3.8) is 0 Å². The summed E-state index contributed by atoms with van der Waals surface area (Å²) in [6.45, 7) is 0.238. The third-order valence-corrected chi connectivity index (χ3v) is 6.14. The predicted octanol–water partition coefficient (Wildman–Crippen LogP) is 1.91. The zero-order chi connectivity index (χ0) is 22.5. The van der Waals surface area contributed by atoms with Crippen LogP contribution in [0, 0.1) is 5.92 Å². The van der Waals surface area contributed by atoms with Gasteiger partial charge in [0.2, 0.25) is 0 Å². The average Bonchev–Trinajstić information content (AvgIpc) is 3.53. The monoisotopic (exact) mass is 449 g/mol. The van der Waals surface area contributed by atoms with Crippen LogP contribution in [-0.2, 0) is 11.2 Å². The summed E-state index contributed by atoms with van der Waals surface area (Å²) in [4.78, 5) is 12.2. The second-order valence-electron chi connectivity index (χ2n) is 8.41. The van der Waals surface area contributed by atoms with E-state index in [4.69, 9.17) is 4.74 Å². The fourth-order valence-electron chi connectivity index (χ4n) is 4.31. The van der Waals surface area contributed by atoms with E-state index < -0.39 is 24.9 Å². The number of nitrogens with zero attached hydrogens (tertiary/aromatic N) is 2. The van der Waals surface area contributed by atoms with Gasteiger partial charge in [-0.2, -0.15) is 13.9 Å². The van der Waals surface area contributed by atoms with Crippen LogP contribution in [0.2, 0.25) is 0 Å². The van der Waals surface area contributed by atoms with Crippen molar-refractivity contribution in [3.05, 3.63) is 42.2 Å². The fourth-order valence-corrected chi connectivity index (χ4v) is 4.31. The smallest absolute Gasteiger partial charge is 0.407 e. The van der Waals surface area contributed by atoms with Crippen LogP contribution in [0.4, 0.5) is 13.6 Å². The van der Waals surface area contributed by atoms with Crippen LogP contribution in [0.15, 0.2) is 36.7 Å². The molecule has 3 heterocycles. The van der Waals surface area contributed by atoms with Gasteiger partial charge in [-0.3, -0.25) is 0 Å². The summed E-state index contributed by atoms with van der Waals surface area (Å²) >= 11 is 0. The molecular weight excluding hydrogens is 420 g/mol. The van der Waals surface area contributed by atoms with Crippen LogP contribution in [0.1, 0.15) is 25.0 Å². The van der Waals surface area contributed by atoms with E-state index >= 15 is 0 Å². The maximum atomic E-state index is 12.7. The maximum Gasteiger partial charge on any atom is 0.407 e. The molecule has 2 saturated heterocycles. The lowest BCUT2D eigenvalue weighted by atomic mass is 9.99. The summed E-state index contributed by atoms with van der Waals surface area (Å²) < 4.78 is 31.6. The Bertz CT molecular complexity index is 886. The van der Waals surface area contributed by atoms with Crippen molar-refractivity contribution in [2.24, 2.45) is 5.92 Å². The van der Waals surface area contributed by atoms with Gasteiger partial charge in [0.05, 0.1) is 12.2 Å². The third kappa shape index (κ3) is 5.62. The second kappa shape index (κ2) is 10.4. The van der Waals surface area contributed by atoms with E-state index in [1.165, 1.54) is 12.4 Å². The summed E-state index contributed by atoms with van der Waals surface area (Å²) in [5.41, 5.74) is 2.37. The zero-order valence-corrected chi connectivity index (χ0v) is 17.7. The number of amides is 1. The molecule has 1 aromatic heterocycles. The Morgan fingerprint density at radius 1 is 1.28 bits per heavy atom. The minimum Gasteiger partial charge on any atom is -0.442 e. The van der Waals surface area contributed by atoms with Gasteiger partial charge in [-0.15, -0.1) is 0 Å². The number of nitrogens with one attached hydrogen (secondary N) is 3. The van der Waals surface area contributed by atoms with E-state index in [-0.39, 0.29) is 6.04 Å². The first-order chi connectivity index (χ1) is 15.5. The van der Waals surface area contributed by atoms with Crippen LogP contribution in [0.25, 0.3) is 11.1 Å². The lowest BCUT2D eigenvalue weighted by molar-refractivity contribution is 0.0189. The standard InChI is InChI=1S/C22H29F2N5O3/c23-21(24)29-13-17(11-28-29)16-3-1-14(2-4-16)9-18-20(19(30)12-27-18)32-22(31)26-8-6-15-5-7-25-10-15/h1-4,11,13,15,18-21,25,27,30H,5-10,12H2,(H,26,31)/t15-,18+,19?,20-/m0/s1. The number of hydrogen-bond donors (Lipinski definition) is 4. The number of carbonyl (C=O) groups is 1. The van der Waals surface area contributed by atoms with Crippen LogP contribution in [0.5, 0.6) is 0 Å². The van der Waals surface area contributed by atoms with Crippen LogP contribution < -0.4 is 16.0 Å². The molecule has 1 aromatic carbocycles. The molecule has 0 spiro atoms. The highest BCUT2D eigenvalue weighted by molar-refractivity contribution is 5.67. The van der Waals surface area contributed by atoms with Crippen molar-refractivity contribution in [1.82, 2.24) is 25.7 Å². The highest BCUT2D eigenvalue weighted by Gasteiger charge is 2.37. The molecule has 1 amide bonds. The highest BCUT2D eigenvalue weighted by Crippen LogP contribution is 2.23. The molecule has 2 fully saturated rings. The number of hydrogen-bond acceptors (Lipinski definition) is 6. The Morgan fingerprint density at radius 3 is 2.78 bits per heavy atom. The lowest BCUT2D eigenvalue weighted by Crippen LogP contribution is -2.41. The molecule has 0 radical (unpaired) electrons. The van der Waals surface area contributed by atoms with E-state index in [2.05, 4.69) is 21.0 Å². The van der Waals surface area contributed by atoms with Crippen molar-refractivity contribution < 1.29 is 23.4 Å². The molecule has 4 N–H and O–H groups in total. The van der Waals surface area contributed by atoms with Gasteiger partial charge in [0.15, 0.2) is 0 Å². The zero-order valence-electron chi connectivity index (χ0n) is 17.7. The minimum atomic E-state index is -2.67. The van der Waals surface area contributed by atoms with E-state index in [0.717, 1.165) is 37.1 Å². The molecule has 0 aliphatic carbocycles. The van der Waals surface area contributed by atoms with E-state index in [1.54, 1.807) is 0 Å². The first-order valence-electron chi connectivity index (χ1n) is 11.0. The largest absolute Gasteiger partial charge is 0.442 e. The van der Waals surface area contributed by atoms with Crippen molar-refractivity contribution in [2.45, 2.75) is 44.1 Å². The van der Waals surface area contributed by atoms with Gasteiger partial charge in [-0.1, -0.05) is 24.3 Å². The number of halogens is 2. The Hall–Kier alpha value is -2.56. The molecule has 4 atom stereocenters. The highest BCUT2D eigenvalue weighted by atomic mass is 19.3. The number of aromatic nitrogens is 2. The lowest BCUT2D eigenvalue weighted by Gasteiger charge is -2.22. The van der Waals surface area contributed by atoms with Gasteiger partial charge >= 0.3 is 12.6 Å². The normalized spacial score (nSPS) is 25.4. The van der Waals surface area contributed by atoms with Gasteiger partial charge in [-0.05, 0) is 49.4 Å². The Kier molecular flexibility index (Phi) is 7.33. The number of alkyl carbamates (subject to hydrolysis) is 1. The molecule has 2 aliphatic rings. The van der Waals surface area contributed by atoms with Crippen molar-refractivity contribution in [2.75, 3.05) is 26.2 Å². The van der Waals surface area contributed by atoms with Crippen molar-refractivity contribution >= 4 is 6.09 Å². The quantitative estimate of drug-likeness (QED) is 0.491. The van der Waals surface area contributed by atoms with Gasteiger partial charge < -0.3 is 25.8 Å². The Morgan fingerprint density at radius 2 is 2.09 bits per heavy atom. The molecule has 2 aromatic rings. The Balaban J connectivity index is 1.29. The summed E-state index contributed by atoms with van der Waals surface area (Å²) in [6, 6.07) is 7.26. The van der Waals surface area contributed by atoms with Gasteiger partial charge in [0.25, 0.3) is 0 Å². The molecule has 174 valence electrons. The molecule has 0 bridgehead atoms. The van der Waals surface area contributed by atoms with Crippen LogP contribution in [-0.4, -0.2) is 65.4 Å². The molecule has 8 nitrogen and oxygen atoms in total. The molecule has 10 heteroatoms. The number of β-amino-alcohol motifs (C(OH)–C–C–N with tert-alkyl or cyclic N) is 1. The number of aliphatic hydroxyl groups is 1. The number of benzene rings is 1. The fraction of sp³-hybridized carbons (Fsp3) is 0.545. The molecule has 1 unspecified atom stereocenters. The summed E-state index contributed by atoms with van der Waals surface area (Å²) in [6.07, 6.45) is 3.36. The molecule has 0 saturated carbocycles. The number of carbonyl (C=O) groups excluding carboxylic acids is 1.